The number of hydrogen-bond acceptors (Lipinski definition) is 7. The first-order chi connectivity index (χ1) is 19.3. The molecule has 0 aromatic heterocycles. The number of amides is 3. The molecule has 0 radical (unpaired) electrons. The molecule has 1 aromatic carbocycles. The number of ether oxygens (including phenoxy) is 1. The molecule has 0 saturated carbocycles. The summed E-state index contributed by atoms with van der Waals surface area (Å²) in [5, 5.41) is 13.7. The Kier molecular flexibility index (Phi) is 25.3. The number of unbranched alkanes of at least 4 members (excludes halogenated alkanes) is 2. The second kappa shape index (κ2) is 25.3. The Bertz CT molecular complexity index is 1050. The van der Waals surface area contributed by atoms with Crippen LogP contribution in [-0.2, 0) is 23.9 Å². The zero-order valence-electron chi connectivity index (χ0n) is 25.8. The Hall–Kier alpha value is 0.0804. The van der Waals surface area contributed by atoms with Gasteiger partial charge in [-0.05, 0) is 51.9 Å². The summed E-state index contributed by atoms with van der Waals surface area (Å²) in [6.07, 6.45) is 7.35. The molecule has 0 fully saturated rings. The molecule has 0 saturated heterocycles. The Morgan fingerprint density at radius 1 is 0.857 bits per heavy atom. The molecule has 1 aliphatic rings. The van der Waals surface area contributed by atoms with Crippen molar-refractivity contribution in [3.8, 4) is 0 Å². The second-order valence-electron chi connectivity index (χ2n) is 9.83. The quantitative estimate of drug-likeness (QED) is 0.104. The number of rotatable bonds is 19. The topological polar surface area (TPSA) is 147 Å². The van der Waals surface area contributed by atoms with Gasteiger partial charge in [-0.15, -0.1) is 12.2 Å². The van der Waals surface area contributed by atoms with Crippen molar-refractivity contribution < 1.29 is 145 Å². The van der Waals surface area contributed by atoms with Gasteiger partial charge in [-0.2, -0.15) is 0 Å². The molecule has 0 bridgehead atoms. The molecule has 0 atom stereocenters. The summed E-state index contributed by atoms with van der Waals surface area (Å²) in [5.41, 5.74) is 2.71. The molecular weight excluding hydrogens is 683 g/mol. The van der Waals surface area contributed by atoms with Crippen molar-refractivity contribution in [3.05, 3.63) is 51.7 Å². The summed E-state index contributed by atoms with van der Waals surface area (Å²) in [5.74, 6) is -1.05. The summed E-state index contributed by atoms with van der Waals surface area (Å²) in [6, 6.07) is 6.49. The number of ketones is 2. The van der Waals surface area contributed by atoms with E-state index in [0.717, 1.165) is 56.2 Å². The van der Waals surface area contributed by atoms with Gasteiger partial charge in [-0.25, -0.2) is 0 Å². The number of nitrogens with zero attached hydrogens (tertiary/aromatic N) is 2. The van der Waals surface area contributed by atoms with Crippen molar-refractivity contribution in [2.45, 2.75) is 77.6 Å². The van der Waals surface area contributed by atoms with Gasteiger partial charge in [0, 0.05) is 62.9 Å². The molecule has 42 heavy (non-hydrogen) atoms. The fourth-order valence-electron chi connectivity index (χ4n) is 4.33. The van der Waals surface area contributed by atoms with Crippen molar-refractivity contribution in [2.24, 2.45) is 0 Å². The van der Waals surface area contributed by atoms with E-state index in [9.17, 15) is 24.0 Å². The maximum Gasteiger partial charge on any atom is 1.00 e. The molecule has 0 unspecified atom stereocenters. The third-order valence-electron chi connectivity index (χ3n) is 6.47. The van der Waals surface area contributed by atoms with Crippen molar-refractivity contribution in [1.82, 2.24) is 10.6 Å². The van der Waals surface area contributed by atoms with E-state index in [2.05, 4.69) is 21.3 Å². The van der Waals surface area contributed by atoms with Crippen LogP contribution in [0, 0.1) is 0 Å². The van der Waals surface area contributed by atoms with Gasteiger partial charge in [-0.3, -0.25) is 9.59 Å². The van der Waals surface area contributed by atoms with Crippen molar-refractivity contribution in [2.75, 3.05) is 33.4 Å². The van der Waals surface area contributed by atoms with E-state index < -0.39 is 18.2 Å². The number of benzene rings is 1. The van der Waals surface area contributed by atoms with E-state index in [-0.39, 0.29) is 147 Å². The van der Waals surface area contributed by atoms with Gasteiger partial charge in [0.25, 0.3) is 0 Å². The molecule has 12 heteroatoms. The third kappa shape index (κ3) is 18.1. The molecule has 3 amide bonds. The Morgan fingerprint density at radius 2 is 1.57 bits per heavy atom. The zero-order valence-corrected chi connectivity index (χ0v) is 35.6. The summed E-state index contributed by atoms with van der Waals surface area (Å²) in [6.45, 7) is 2.90. The van der Waals surface area contributed by atoms with Crippen LogP contribution in [0.2, 0.25) is 0 Å². The van der Waals surface area contributed by atoms with E-state index in [1.54, 1.807) is 31.2 Å². The van der Waals surface area contributed by atoms with Crippen LogP contribution in [-0.4, -0.2) is 62.6 Å². The van der Waals surface area contributed by atoms with E-state index in [1.807, 2.05) is 7.05 Å². The Balaban J connectivity index is 0.00000840. The van der Waals surface area contributed by atoms with Crippen molar-refractivity contribution in [3.63, 3.8) is 0 Å². The normalized spacial score (nSPS) is 12.3. The maximum absolute atomic E-state index is 12.9. The molecular formula is C30H42N4O6Rb2. The first-order valence-electron chi connectivity index (χ1n) is 14.1. The van der Waals surface area contributed by atoms with Crippen LogP contribution in [0.5, 0.6) is 0 Å². The maximum atomic E-state index is 12.9. The Labute approximate surface area is 347 Å². The van der Waals surface area contributed by atoms with E-state index >= 15 is 0 Å². The number of carbonyl (C=O) groups excluding carboxylic acids is 5. The standard InChI is InChI=1S/C30H44N4O6.2Rb/c1-22(35)9-4-3-7-17-32-27(36)12-8-19-40-20-18-33-28(37)21-29(38)34-24-15-13-23(14-16-24)30(39)25-10-5-6-11-26(25)31-2;;/h13-16H,3-12,17-21H2,1-2H3,(H4,31,32,33,34,36,37,38,39);;/q;2*+1/p-2. The minimum Gasteiger partial charge on any atom is -0.651 e. The first-order valence-corrected chi connectivity index (χ1v) is 14.1. The zero-order chi connectivity index (χ0) is 29.2. The number of hydrogen-bond donors (Lipinski definition) is 2. The summed E-state index contributed by atoms with van der Waals surface area (Å²) in [4.78, 5) is 59.6. The molecule has 220 valence electrons. The van der Waals surface area contributed by atoms with Gasteiger partial charge in [0.1, 0.15) is 5.78 Å². The smallest absolute Gasteiger partial charge is 0.651 e. The summed E-state index contributed by atoms with van der Waals surface area (Å²) >= 11 is 0. The van der Waals surface area contributed by atoms with Crippen LogP contribution < -0.4 is 127 Å². The molecule has 10 nitrogen and oxygen atoms in total. The predicted octanol–water partition coefficient (Wildman–Crippen LogP) is -1.19. The molecule has 0 spiro atoms. The number of Topliss-reactive ketones (excluding diaryl/α,β-unsaturated/α-hetero) is 2. The average Bonchev–Trinajstić information content (AvgIpc) is 2.94. The van der Waals surface area contributed by atoms with Crippen molar-refractivity contribution >= 4 is 35.0 Å². The van der Waals surface area contributed by atoms with Crippen LogP contribution in [0.4, 0.5) is 5.69 Å². The third-order valence-corrected chi connectivity index (χ3v) is 6.47. The second-order valence-corrected chi connectivity index (χ2v) is 9.83. The van der Waals surface area contributed by atoms with E-state index in [0.29, 0.717) is 43.7 Å². The van der Waals surface area contributed by atoms with Crippen LogP contribution in [0.25, 0.3) is 10.6 Å². The molecule has 1 aromatic rings. The SMILES string of the molecule is CNC1=C(C(=O)c2ccc([N-]C(=O)CC(=O)[N-]CCOCCCC(=O)NCCCCCC(C)=O)cc2)CCCC1.[Rb+].[Rb+]. The molecule has 0 heterocycles. The van der Waals surface area contributed by atoms with Crippen LogP contribution in [0.15, 0.2) is 35.5 Å². The van der Waals surface area contributed by atoms with Crippen LogP contribution in [0.1, 0.15) is 87.9 Å². The number of carbonyl (C=O) groups is 5. The van der Waals surface area contributed by atoms with E-state index in [4.69, 9.17) is 4.74 Å². The number of nitrogens with one attached hydrogen (secondary N) is 2. The van der Waals surface area contributed by atoms with Gasteiger partial charge < -0.3 is 40.4 Å². The van der Waals surface area contributed by atoms with Gasteiger partial charge in [0.05, 0.1) is 11.8 Å². The average molecular weight is 726 g/mol. The van der Waals surface area contributed by atoms with Crippen LogP contribution in [0.3, 0.4) is 0 Å². The van der Waals surface area contributed by atoms with Gasteiger partial charge in [0.2, 0.25) is 5.91 Å². The van der Waals surface area contributed by atoms with Crippen LogP contribution >= 0.6 is 0 Å². The van der Waals surface area contributed by atoms with Gasteiger partial charge >= 0.3 is 116 Å². The number of allylic oxidation sites excluding steroid dienone is 2. The van der Waals surface area contributed by atoms with E-state index in [1.165, 1.54) is 0 Å². The summed E-state index contributed by atoms with van der Waals surface area (Å²) < 4.78 is 5.40. The van der Waals surface area contributed by atoms with Gasteiger partial charge in [-0.1, -0.05) is 30.7 Å². The minimum atomic E-state index is -0.605. The predicted molar refractivity (Wildman–Crippen MR) is 153 cm³/mol. The fraction of sp³-hybridized carbons (Fsp3) is 0.567. The monoisotopic (exact) mass is 724 g/mol. The van der Waals surface area contributed by atoms with Crippen molar-refractivity contribution in [1.29, 1.82) is 0 Å². The molecule has 2 rings (SSSR count). The Morgan fingerprint density at radius 3 is 2.26 bits per heavy atom. The van der Waals surface area contributed by atoms with Gasteiger partial charge in [0.15, 0.2) is 5.78 Å². The molecule has 0 aliphatic heterocycles. The largest absolute Gasteiger partial charge is 1.00 e. The molecule has 1 aliphatic carbocycles. The summed E-state index contributed by atoms with van der Waals surface area (Å²) in [7, 11) is 1.83. The first kappa shape index (κ1) is 42.1. The fourth-order valence-corrected chi connectivity index (χ4v) is 4.33. The molecule has 2 N–H and O–H groups in total. The minimum absolute atomic E-state index is 0.